The molecule has 260 valence electrons. The van der Waals surface area contributed by atoms with Crippen LogP contribution < -0.4 is 15.2 Å². The predicted octanol–water partition coefficient (Wildman–Crippen LogP) is 4.08. The number of aryl methyl sites for hydroxylation is 1. The zero-order valence-electron chi connectivity index (χ0n) is 27.1. The van der Waals surface area contributed by atoms with Gasteiger partial charge in [-0.25, -0.2) is 4.57 Å². The van der Waals surface area contributed by atoms with E-state index < -0.39 is 37.7 Å². The smallest absolute Gasteiger partial charge is 0.508 e. The molecule has 0 unspecified atom stereocenters. The maximum Gasteiger partial charge on any atom is 0.524 e. The molecule has 0 radical (unpaired) electrons. The van der Waals surface area contributed by atoms with Crippen LogP contribution in [0.25, 0.3) is 0 Å². The number of carboxylic acid groups (broad SMARTS) is 1. The summed E-state index contributed by atoms with van der Waals surface area (Å²) in [6.45, 7) is 5.07. The first kappa shape index (κ1) is 39.2. The van der Waals surface area contributed by atoms with Crippen molar-refractivity contribution in [3.63, 3.8) is 0 Å². The molecule has 2 aromatic rings. The first-order valence-electron chi connectivity index (χ1n) is 16.0. The van der Waals surface area contributed by atoms with Gasteiger partial charge in [0.25, 0.3) is 0 Å². The number of carboxylic acids is 1. The van der Waals surface area contributed by atoms with Gasteiger partial charge in [-0.3, -0.25) is 29.0 Å². The Bertz CT molecular complexity index is 1320. The Labute approximate surface area is 275 Å². The van der Waals surface area contributed by atoms with Gasteiger partial charge in [0.1, 0.15) is 23.6 Å². The molecule has 13 nitrogen and oxygen atoms in total. The number of benzene rings is 2. The van der Waals surface area contributed by atoms with Gasteiger partial charge in [0.15, 0.2) is 0 Å². The number of nitrogens with zero attached hydrogens (tertiary/aromatic N) is 1. The molecule has 0 heterocycles. The van der Waals surface area contributed by atoms with Crippen molar-refractivity contribution in [3.8, 4) is 11.5 Å². The average Bonchev–Trinajstić information content (AvgIpc) is 3.01. The zero-order chi connectivity index (χ0) is 34.8. The highest BCUT2D eigenvalue weighted by Crippen LogP contribution is 2.37. The molecule has 0 aromatic heterocycles. The van der Waals surface area contributed by atoms with Crippen molar-refractivity contribution in [1.82, 2.24) is 15.5 Å². The molecule has 0 aliphatic carbocycles. The van der Waals surface area contributed by atoms with E-state index in [2.05, 4.69) is 29.0 Å². The van der Waals surface area contributed by atoms with E-state index in [1.807, 2.05) is 0 Å². The molecule has 0 spiro atoms. The molecule has 2 rings (SSSR count). The molecule has 14 heteroatoms. The molecular formula is C33H48N3O10P. The molecule has 0 saturated heterocycles. The first-order valence-corrected chi connectivity index (χ1v) is 17.6. The summed E-state index contributed by atoms with van der Waals surface area (Å²) in [6.07, 6.45) is 5.13. The lowest BCUT2D eigenvalue weighted by Crippen LogP contribution is -2.55. The highest BCUT2D eigenvalue weighted by molar-refractivity contribution is 7.46. The molecule has 0 bridgehead atoms. The van der Waals surface area contributed by atoms with Crippen molar-refractivity contribution in [2.45, 2.75) is 96.6 Å². The summed E-state index contributed by atoms with van der Waals surface area (Å²) < 4.78 is 15.8. The summed E-state index contributed by atoms with van der Waals surface area (Å²) in [7, 11) is -4.78. The molecule has 6 N–H and O–H groups in total. The number of amides is 3. The molecule has 3 amide bonds. The third-order valence-corrected chi connectivity index (χ3v) is 7.90. The number of hydrogen-bond donors (Lipinski definition) is 6. The number of carbonyl (C=O) groups is 4. The number of phosphoric ester groups is 1. The van der Waals surface area contributed by atoms with Gasteiger partial charge in [0, 0.05) is 32.4 Å². The number of aliphatic carboxylic acids is 1. The maximum absolute atomic E-state index is 13.8. The van der Waals surface area contributed by atoms with Gasteiger partial charge < -0.3 is 30.3 Å². The minimum atomic E-state index is -4.78. The second-order valence-electron chi connectivity index (χ2n) is 11.4. The lowest BCUT2D eigenvalue weighted by Gasteiger charge is -2.29. The van der Waals surface area contributed by atoms with Gasteiger partial charge in [-0.2, -0.15) is 0 Å². The number of rotatable bonds is 22. The Morgan fingerprint density at radius 1 is 0.809 bits per heavy atom. The number of unbranched alkanes of at least 4 members (excludes halogenated alkanes) is 4. The van der Waals surface area contributed by atoms with E-state index in [1.54, 1.807) is 17.0 Å². The topological polar surface area (TPSA) is 203 Å². The minimum Gasteiger partial charge on any atom is -0.508 e. The van der Waals surface area contributed by atoms with E-state index in [9.17, 15) is 34.0 Å². The first-order chi connectivity index (χ1) is 22.3. The summed E-state index contributed by atoms with van der Waals surface area (Å²) in [6, 6.07) is 9.70. The van der Waals surface area contributed by atoms with Crippen LogP contribution in [0.1, 0.15) is 82.8 Å². The lowest BCUT2D eigenvalue weighted by atomic mass is 10.0. The van der Waals surface area contributed by atoms with Crippen LogP contribution in [0.2, 0.25) is 0 Å². The Morgan fingerprint density at radius 3 is 1.91 bits per heavy atom. The van der Waals surface area contributed by atoms with Crippen LogP contribution in [0, 0.1) is 0 Å². The van der Waals surface area contributed by atoms with Crippen LogP contribution in [-0.2, 0) is 36.6 Å². The number of phenols is 1. The van der Waals surface area contributed by atoms with E-state index in [0.717, 1.165) is 44.1 Å². The summed E-state index contributed by atoms with van der Waals surface area (Å²) in [4.78, 5) is 71.9. The van der Waals surface area contributed by atoms with Gasteiger partial charge in [-0.1, -0.05) is 63.8 Å². The monoisotopic (exact) mass is 677 g/mol. The number of carbonyl (C=O) groups excluding carboxylic acids is 3. The largest absolute Gasteiger partial charge is 0.524 e. The van der Waals surface area contributed by atoms with Crippen LogP contribution in [-0.4, -0.2) is 73.8 Å². The second-order valence-corrected chi connectivity index (χ2v) is 12.6. The summed E-state index contributed by atoms with van der Waals surface area (Å²) in [5.41, 5.74) is 1.32. The number of phosphoric acid groups is 1. The van der Waals surface area contributed by atoms with Crippen molar-refractivity contribution in [2.75, 3.05) is 13.1 Å². The van der Waals surface area contributed by atoms with Crippen LogP contribution in [0.3, 0.4) is 0 Å². The summed E-state index contributed by atoms with van der Waals surface area (Å²) in [5, 5.41) is 24.3. The van der Waals surface area contributed by atoms with Gasteiger partial charge in [-0.15, -0.1) is 0 Å². The van der Waals surface area contributed by atoms with Gasteiger partial charge in [-0.05, 0) is 61.1 Å². The normalized spacial score (nSPS) is 12.5. The van der Waals surface area contributed by atoms with Crippen molar-refractivity contribution in [1.29, 1.82) is 0 Å². The predicted molar refractivity (Wildman–Crippen MR) is 176 cm³/mol. The zero-order valence-corrected chi connectivity index (χ0v) is 28.0. The Morgan fingerprint density at radius 2 is 1.38 bits per heavy atom. The summed E-state index contributed by atoms with van der Waals surface area (Å²) in [5.74, 6) is -2.61. The fraction of sp³-hybridized carbons (Fsp3) is 0.515. The van der Waals surface area contributed by atoms with E-state index in [1.165, 1.54) is 36.4 Å². The van der Waals surface area contributed by atoms with Gasteiger partial charge >= 0.3 is 13.8 Å². The molecule has 47 heavy (non-hydrogen) atoms. The van der Waals surface area contributed by atoms with Crippen molar-refractivity contribution in [2.24, 2.45) is 0 Å². The minimum absolute atomic E-state index is 0.0215. The number of phenolic OH excluding ortho intramolecular Hbond substituents is 1. The fourth-order valence-electron chi connectivity index (χ4n) is 4.91. The summed E-state index contributed by atoms with van der Waals surface area (Å²) >= 11 is 0. The highest BCUT2D eigenvalue weighted by atomic mass is 31.2. The van der Waals surface area contributed by atoms with Gasteiger partial charge in [0.2, 0.25) is 17.7 Å². The average molecular weight is 678 g/mol. The molecule has 2 aromatic carbocycles. The fourth-order valence-corrected chi connectivity index (χ4v) is 5.31. The van der Waals surface area contributed by atoms with Crippen molar-refractivity contribution < 1.29 is 48.3 Å². The molecule has 0 saturated carbocycles. The molecule has 2 atom stereocenters. The quantitative estimate of drug-likeness (QED) is 0.0779. The standard InChI is InChI=1S/C33H48N3O10P/c1-3-5-7-21-36(22-8-6-4-2)33(42)28(18-20-31(39)40)35-32(41)29(23-25-11-16-27(17-12-25)46-47(43,44)45)34-30(38)19-13-24-9-14-26(37)15-10-24/h9-12,14-17,28-29,37H,3-8,13,18-23H2,1-2H3,(H,34,38)(H,35,41)(H,39,40)(H2,43,44,45)/t28-,29-/m0/s1. The van der Waals surface area contributed by atoms with Crippen LogP contribution in [0.4, 0.5) is 0 Å². The van der Waals surface area contributed by atoms with Crippen molar-refractivity contribution in [3.05, 3.63) is 59.7 Å². The third kappa shape index (κ3) is 16.0. The molecular weight excluding hydrogens is 629 g/mol. The van der Waals surface area contributed by atoms with E-state index in [-0.39, 0.29) is 43.1 Å². The molecule has 0 fully saturated rings. The lowest BCUT2D eigenvalue weighted by molar-refractivity contribution is -0.140. The third-order valence-electron chi connectivity index (χ3n) is 7.45. The van der Waals surface area contributed by atoms with Crippen LogP contribution >= 0.6 is 7.82 Å². The number of aromatic hydroxyl groups is 1. The number of nitrogens with one attached hydrogen (secondary N) is 2. The number of hydrogen-bond acceptors (Lipinski definition) is 7. The SMILES string of the molecule is CCCCCN(CCCCC)C(=O)[C@H](CCC(=O)O)NC(=O)[C@H](Cc1ccc(OP(=O)(O)O)cc1)NC(=O)CCc1ccc(O)cc1. The van der Waals surface area contributed by atoms with E-state index in [4.69, 9.17) is 9.79 Å². The van der Waals surface area contributed by atoms with E-state index in [0.29, 0.717) is 25.1 Å². The maximum atomic E-state index is 13.8. The highest BCUT2D eigenvalue weighted by Gasteiger charge is 2.30. The Balaban J connectivity index is 2.29. The molecule has 0 aliphatic heterocycles. The second kappa shape index (κ2) is 20.3. The Kier molecular flexibility index (Phi) is 17.0. The Hall–Kier alpha value is -3.93. The van der Waals surface area contributed by atoms with Crippen LogP contribution in [0.15, 0.2) is 48.5 Å². The van der Waals surface area contributed by atoms with Crippen LogP contribution in [0.5, 0.6) is 11.5 Å². The van der Waals surface area contributed by atoms with Gasteiger partial charge in [0.05, 0.1) is 0 Å². The molecule has 0 aliphatic rings. The van der Waals surface area contributed by atoms with E-state index >= 15 is 0 Å². The van der Waals surface area contributed by atoms with Crippen molar-refractivity contribution >= 4 is 31.5 Å².